The van der Waals surface area contributed by atoms with E-state index in [-0.39, 0.29) is 18.3 Å². The van der Waals surface area contributed by atoms with Gasteiger partial charge in [-0.05, 0) is 56.2 Å². The molecule has 0 spiro atoms. The number of nitrogens with one attached hydrogen (secondary N) is 1. The van der Waals surface area contributed by atoms with Crippen LogP contribution in [0.5, 0.6) is 0 Å². The maximum Gasteiger partial charge on any atom is 0.257 e. The van der Waals surface area contributed by atoms with Crippen molar-refractivity contribution >= 4 is 46.6 Å². The molecule has 1 aliphatic heterocycles. The molecule has 1 aromatic carbocycles. The molecule has 2 amide bonds. The standard InChI is InChI=1S/C23H25N5O2.ClH/c1-15-6-11-18-20(27-17-9-7-16(8-10-17)21(24)29)19(14-25-22(18)26-15)23(30)28-12-4-2-3-5-13-28;/h6-11,14H,2-5,12-13H2,1H3,(H2,24,29)(H,25,26,27);1H. The van der Waals surface area contributed by atoms with E-state index in [0.717, 1.165) is 55.5 Å². The highest BCUT2D eigenvalue weighted by Crippen LogP contribution is 2.30. The minimum atomic E-state index is -0.479. The molecule has 0 unspecified atom stereocenters. The molecule has 2 aromatic heterocycles. The highest BCUT2D eigenvalue weighted by Gasteiger charge is 2.22. The number of fused-ring (bicyclic) bond motifs is 1. The Morgan fingerprint density at radius 1 is 1.00 bits per heavy atom. The van der Waals surface area contributed by atoms with Gasteiger partial charge in [0.15, 0.2) is 5.65 Å². The van der Waals surface area contributed by atoms with E-state index in [1.54, 1.807) is 30.5 Å². The molecule has 31 heavy (non-hydrogen) atoms. The van der Waals surface area contributed by atoms with Crippen LogP contribution >= 0.6 is 12.4 Å². The predicted octanol–water partition coefficient (Wildman–Crippen LogP) is 4.22. The molecule has 3 aromatic rings. The summed E-state index contributed by atoms with van der Waals surface area (Å²) in [6, 6.07) is 10.7. The van der Waals surface area contributed by atoms with Gasteiger partial charge in [0.05, 0.1) is 11.3 Å². The summed E-state index contributed by atoms with van der Waals surface area (Å²) in [5.74, 6) is -0.504. The molecule has 0 atom stereocenters. The fraction of sp³-hybridized carbons (Fsp3) is 0.304. The second-order valence-electron chi connectivity index (χ2n) is 7.64. The topological polar surface area (TPSA) is 101 Å². The number of nitrogens with two attached hydrogens (primary N) is 1. The first kappa shape index (κ1) is 22.5. The van der Waals surface area contributed by atoms with Gasteiger partial charge in [-0.1, -0.05) is 12.8 Å². The van der Waals surface area contributed by atoms with E-state index in [4.69, 9.17) is 5.73 Å². The normalized spacial score (nSPS) is 13.9. The van der Waals surface area contributed by atoms with Crippen LogP contribution in [-0.4, -0.2) is 39.8 Å². The van der Waals surface area contributed by atoms with Gasteiger partial charge in [-0.25, -0.2) is 9.97 Å². The summed E-state index contributed by atoms with van der Waals surface area (Å²) in [4.78, 5) is 35.6. The highest BCUT2D eigenvalue weighted by atomic mass is 35.5. The van der Waals surface area contributed by atoms with Crippen LogP contribution in [0.1, 0.15) is 52.1 Å². The third-order valence-electron chi connectivity index (χ3n) is 5.43. The summed E-state index contributed by atoms with van der Waals surface area (Å²) in [6.45, 7) is 3.43. The van der Waals surface area contributed by atoms with Crippen LogP contribution in [0, 0.1) is 6.92 Å². The zero-order valence-corrected chi connectivity index (χ0v) is 18.2. The first-order valence-electron chi connectivity index (χ1n) is 10.3. The fourth-order valence-electron chi connectivity index (χ4n) is 3.77. The average molecular weight is 440 g/mol. The van der Waals surface area contributed by atoms with Crippen LogP contribution in [0.3, 0.4) is 0 Å². The molecule has 0 radical (unpaired) electrons. The largest absolute Gasteiger partial charge is 0.366 e. The Labute approximate surface area is 187 Å². The smallest absolute Gasteiger partial charge is 0.257 e. The van der Waals surface area contributed by atoms with Crippen molar-refractivity contribution in [2.45, 2.75) is 32.6 Å². The molecule has 3 heterocycles. The SMILES string of the molecule is Cc1ccc2c(Nc3ccc(C(N)=O)cc3)c(C(=O)N3CCCCCC3)cnc2n1.Cl. The zero-order valence-electron chi connectivity index (χ0n) is 17.4. The van der Waals surface area contributed by atoms with Gasteiger partial charge in [0.1, 0.15) is 0 Å². The van der Waals surface area contributed by atoms with Gasteiger partial charge in [-0.3, -0.25) is 9.59 Å². The Morgan fingerprint density at radius 3 is 2.32 bits per heavy atom. The van der Waals surface area contributed by atoms with Crippen LogP contribution in [0.25, 0.3) is 11.0 Å². The Balaban J connectivity index is 0.00000272. The molecule has 0 bridgehead atoms. The lowest BCUT2D eigenvalue weighted by molar-refractivity contribution is 0.0762. The Bertz CT molecular complexity index is 1090. The summed E-state index contributed by atoms with van der Waals surface area (Å²) in [6.07, 6.45) is 5.96. The number of rotatable bonds is 4. The number of likely N-dealkylation sites (tertiary alicyclic amines) is 1. The van der Waals surface area contributed by atoms with E-state index in [2.05, 4.69) is 15.3 Å². The number of aryl methyl sites for hydroxylation is 1. The zero-order chi connectivity index (χ0) is 21.1. The lowest BCUT2D eigenvalue weighted by Gasteiger charge is -2.22. The van der Waals surface area contributed by atoms with Crippen molar-refractivity contribution in [3.63, 3.8) is 0 Å². The minimum absolute atomic E-state index is 0. The number of carbonyl (C=O) groups excluding carboxylic acids is 2. The monoisotopic (exact) mass is 439 g/mol. The Morgan fingerprint density at radius 2 is 1.68 bits per heavy atom. The summed E-state index contributed by atoms with van der Waals surface area (Å²) >= 11 is 0. The number of primary amides is 1. The third-order valence-corrected chi connectivity index (χ3v) is 5.43. The van der Waals surface area contributed by atoms with Crippen LogP contribution in [0.4, 0.5) is 11.4 Å². The summed E-state index contributed by atoms with van der Waals surface area (Å²) < 4.78 is 0. The number of carbonyl (C=O) groups is 2. The number of anilines is 2. The lowest BCUT2D eigenvalue weighted by atomic mass is 10.1. The van der Waals surface area contributed by atoms with E-state index in [0.29, 0.717) is 22.5 Å². The Hall–Kier alpha value is -3.19. The van der Waals surface area contributed by atoms with Crippen LogP contribution in [0.2, 0.25) is 0 Å². The minimum Gasteiger partial charge on any atom is -0.366 e. The first-order chi connectivity index (χ1) is 14.5. The molecular formula is C23H26ClN5O2. The quantitative estimate of drug-likeness (QED) is 0.633. The molecule has 0 aliphatic carbocycles. The van der Waals surface area contributed by atoms with Gasteiger partial charge in [-0.2, -0.15) is 0 Å². The number of pyridine rings is 2. The van der Waals surface area contributed by atoms with Crippen molar-refractivity contribution in [1.29, 1.82) is 0 Å². The predicted molar refractivity (Wildman–Crippen MR) is 124 cm³/mol. The highest BCUT2D eigenvalue weighted by molar-refractivity contribution is 6.07. The van der Waals surface area contributed by atoms with Crippen molar-refractivity contribution in [2.24, 2.45) is 5.73 Å². The van der Waals surface area contributed by atoms with E-state index < -0.39 is 5.91 Å². The third kappa shape index (κ3) is 4.94. The number of hydrogen-bond donors (Lipinski definition) is 2. The van der Waals surface area contributed by atoms with Crippen molar-refractivity contribution in [2.75, 3.05) is 18.4 Å². The van der Waals surface area contributed by atoms with Crippen molar-refractivity contribution in [3.05, 3.63) is 59.4 Å². The molecule has 1 saturated heterocycles. The van der Waals surface area contributed by atoms with Crippen molar-refractivity contribution in [1.82, 2.24) is 14.9 Å². The molecule has 8 heteroatoms. The number of amides is 2. The van der Waals surface area contributed by atoms with Gasteiger partial charge in [0.25, 0.3) is 5.91 Å². The summed E-state index contributed by atoms with van der Waals surface area (Å²) in [7, 11) is 0. The maximum absolute atomic E-state index is 13.4. The lowest BCUT2D eigenvalue weighted by Crippen LogP contribution is -2.32. The molecule has 7 nitrogen and oxygen atoms in total. The maximum atomic E-state index is 13.4. The summed E-state index contributed by atoms with van der Waals surface area (Å²) in [5, 5.41) is 4.14. The first-order valence-corrected chi connectivity index (χ1v) is 10.3. The molecule has 3 N–H and O–H groups in total. The molecule has 4 rings (SSSR count). The molecular weight excluding hydrogens is 414 g/mol. The Kier molecular flexibility index (Phi) is 7.07. The molecule has 1 fully saturated rings. The van der Waals surface area contributed by atoms with Gasteiger partial charge >= 0.3 is 0 Å². The second-order valence-corrected chi connectivity index (χ2v) is 7.64. The molecule has 162 valence electrons. The number of hydrogen-bond acceptors (Lipinski definition) is 5. The van der Waals surface area contributed by atoms with Crippen LogP contribution in [-0.2, 0) is 0 Å². The van der Waals surface area contributed by atoms with Crippen LogP contribution < -0.4 is 11.1 Å². The molecule has 0 saturated carbocycles. The van der Waals surface area contributed by atoms with Crippen LogP contribution in [0.15, 0.2) is 42.6 Å². The van der Waals surface area contributed by atoms with E-state index in [9.17, 15) is 9.59 Å². The van der Waals surface area contributed by atoms with Crippen molar-refractivity contribution in [3.8, 4) is 0 Å². The average Bonchev–Trinajstić information content (AvgIpc) is 3.03. The van der Waals surface area contributed by atoms with Gasteiger partial charge < -0.3 is 16.0 Å². The van der Waals surface area contributed by atoms with E-state index in [1.807, 2.05) is 24.0 Å². The summed E-state index contributed by atoms with van der Waals surface area (Å²) in [5.41, 5.74) is 9.15. The number of nitrogens with zero attached hydrogens (tertiary/aromatic N) is 3. The number of aromatic nitrogens is 2. The number of halogens is 1. The van der Waals surface area contributed by atoms with Crippen molar-refractivity contribution < 1.29 is 9.59 Å². The van der Waals surface area contributed by atoms with Gasteiger partial charge in [0.2, 0.25) is 5.91 Å². The second kappa shape index (κ2) is 9.75. The van der Waals surface area contributed by atoms with Gasteiger partial charge in [0, 0.05) is 41.6 Å². The van der Waals surface area contributed by atoms with E-state index in [1.165, 1.54) is 0 Å². The fourth-order valence-corrected chi connectivity index (χ4v) is 3.77. The molecule has 1 aliphatic rings. The van der Waals surface area contributed by atoms with E-state index >= 15 is 0 Å². The number of benzene rings is 1. The van der Waals surface area contributed by atoms with Gasteiger partial charge in [-0.15, -0.1) is 12.4 Å².